The van der Waals surface area contributed by atoms with E-state index in [1.807, 2.05) is 36.4 Å². The van der Waals surface area contributed by atoms with Crippen LogP contribution in [-0.2, 0) is 14.3 Å². The maximum absolute atomic E-state index is 13.1. The number of nitrogens with zero attached hydrogens (tertiary/aromatic N) is 2. The van der Waals surface area contributed by atoms with Crippen LogP contribution in [-0.4, -0.2) is 63.2 Å². The largest absolute Gasteiger partial charge is 0.497 e. The van der Waals surface area contributed by atoms with Gasteiger partial charge in [0.15, 0.2) is 0 Å². The molecule has 0 aliphatic carbocycles. The normalized spacial score (nSPS) is 19.9. The molecule has 2 heterocycles. The van der Waals surface area contributed by atoms with Crippen molar-refractivity contribution < 1.29 is 19.1 Å². The third-order valence-electron chi connectivity index (χ3n) is 6.80. The summed E-state index contributed by atoms with van der Waals surface area (Å²) in [5.74, 6) is 0.770. The first kappa shape index (κ1) is 24.2. The van der Waals surface area contributed by atoms with Crippen molar-refractivity contribution in [2.45, 2.75) is 32.2 Å². The summed E-state index contributed by atoms with van der Waals surface area (Å²) in [5, 5.41) is 3.14. The Morgan fingerprint density at radius 1 is 1.12 bits per heavy atom. The van der Waals surface area contributed by atoms with Crippen molar-refractivity contribution in [2.75, 3.05) is 51.4 Å². The lowest BCUT2D eigenvalue weighted by molar-refractivity contribution is -0.126. The van der Waals surface area contributed by atoms with E-state index in [1.54, 1.807) is 12.0 Å². The highest BCUT2D eigenvalue weighted by molar-refractivity contribution is 6.00. The zero-order valence-corrected chi connectivity index (χ0v) is 20.3. The molecule has 2 atom stereocenters. The van der Waals surface area contributed by atoms with Gasteiger partial charge in [-0.2, -0.15) is 0 Å². The molecule has 1 N–H and O–H groups in total. The third kappa shape index (κ3) is 5.59. The van der Waals surface area contributed by atoms with Crippen molar-refractivity contribution in [1.82, 2.24) is 10.2 Å². The number of morpholine rings is 1. The summed E-state index contributed by atoms with van der Waals surface area (Å²) in [7, 11) is 1.65. The Morgan fingerprint density at radius 3 is 2.53 bits per heavy atom. The lowest BCUT2D eigenvalue weighted by atomic mass is 10.0. The highest BCUT2D eigenvalue weighted by Crippen LogP contribution is 2.29. The van der Waals surface area contributed by atoms with Crippen molar-refractivity contribution in [2.24, 2.45) is 5.92 Å². The van der Waals surface area contributed by atoms with E-state index >= 15 is 0 Å². The molecule has 2 unspecified atom stereocenters. The highest BCUT2D eigenvalue weighted by atomic mass is 16.5. The number of benzene rings is 2. The van der Waals surface area contributed by atoms with Crippen LogP contribution >= 0.6 is 0 Å². The lowest BCUT2D eigenvalue weighted by Gasteiger charge is -2.35. The van der Waals surface area contributed by atoms with Crippen LogP contribution in [0.2, 0.25) is 0 Å². The van der Waals surface area contributed by atoms with Crippen molar-refractivity contribution in [3.05, 3.63) is 59.7 Å². The van der Waals surface area contributed by atoms with Gasteiger partial charge in [0.25, 0.3) is 0 Å². The monoisotopic (exact) mass is 465 g/mol. The average Bonchev–Trinajstić information content (AvgIpc) is 3.27. The lowest BCUT2D eigenvalue weighted by Crippen LogP contribution is -2.45. The molecule has 4 rings (SSSR count). The SMILES string of the molecule is COc1ccc(C(CNC(=O)C2CC(=O)N(c3cccc(C(C)C)c3)C2)N2CCOCC2)cc1. The summed E-state index contributed by atoms with van der Waals surface area (Å²) in [6.45, 7) is 8.16. The number of carbonyl (C=O) groups is 2. The second-order valence-electron chi connectivity index (χ2n) is 9.34. The van der Waals surface area contributed by atoms with Gasteiger partial charge in [0.2, 0.25) is 11.8 Å². The Hall–Kier alpha value is -2.90. The number of carbonyl (C=O) groups excluding carboxylic acids is 2. The van der Waals surface area contributed by atoms with Crippen LogP contribution in [0.4, 0.5) is 5.69 Å². The summed E-state index contributed by atoms with van der Waals surface area (Å²) in [4.78, 5) is 30.0. The van der Waals surface area contributed by atoms with Gasteiger partial charge in [-0.1, -0.05) is 38.1 Å². The van der Waals surface area contributed by atoms with Crippen molar-refractivity contribution >= 4 is 17.5 Å². The summed E-state index contributed by atoms with van der Waals surface area (Å²) >= 11 is 0. The van der Waals surface area contributed by atoms with Crippen LogP contribution in [0.25, 0.3) is 0 Å². The minimum Gasteiger partial charge on any atom is -0.497 e. The predicted molar refractivity (Wildman–Crippen MR) is 132 cm³/mol. The minimum atomic E-state index is -0.351. The summed E-state index contributed by atoms with van der Waals surface area (Å²) in [5.41, 5.74) is 3.18. The van der Waals surface area contributed by atoms with Crippen LogP contribution in [0, 0.1) is 5.92 Å². The number of ether oxygens (including phenoxy) is 2. The summed E-state index contributed by atoms with van der Waals surface area (Å²) < 4.78 is 10.8. The van der Waals surface area contributed by atoms with Gasteiger partial charge >= 0.3 is 0 Å². The summed E-state index contributed by atoms with van der Waals surface area (Å²) in [6, 6.07) is 16.1. The quantitative estimate of drug-likeness (QED) is 0.647. The molecule has 0 radical (unpaired) electrons. The first-order chi connectivity index (χ1) is 16.5. The van der Waals surface area contributed by atoms with E-state index < -0.39 is 0 Å². The first-order valence-corrected chi connectivity index (χ1v) is 12.1. The van der Waals surface area contributed by atoms with Gasteiger partial charge < -0.3 is 19.7 Å². The number of rotatable bonds is 8. The minimum absolute atomic E-state index is 0.000870. The predicted octanol–water partition coefficient (Wildman–Crippen LogP) is 3.36. The molecule has 0 aromatic heterocycles. The Kier molecular flexibility index (Phi) is 7.85. The van der Waals surface area contributed by atoms with Crippen molar-refractivity contribution in [3.63, 3.8) is 0 Å². The molecule has 7 nitrogen and oxygen atoms in total. The van der Waals surface area contributed by atoms with Gasteiger partial charge in [0, 0.05) is 38.3 Å². The second-order valence-corrected chi connectivity index (χ2v) is 9.34. The molecule has 0 saturated carbocycles. The molecule has 0 bridgehead atoms. The van der Waals surface area contributed by atoms with Crippen LogP contribution in [0.3, 0.4) is 0 Å². The number of hydrogen-bond acceptors (Lipinski definition) is 5. The van der Waals surface area contributed by atoms with Crippen LogP contribution in [0.15, 0.2) is 48.5 Å². The van der Waals surface area contributed by atoms with Crippen LogP contribution < -0.4 is 15.0 Å². The first-order valence-electron chi connectivity index (χ1n) is 12.1. The summed E-state index contributed by atoms with van der Waals surface area (Å²) in [6.07, 6.45) is 0.239. The number of hydrogen-bond donors (Lipinski definition) is 1. The molecule has 0 spiro atoms. The molecule has 2 saturated heterocycles. The second kappa shape index (κ2) is 11.0. The molecular formula is C27H35N3O4. The number of methoxy groups -OCH3 is 1. The fourth-order valence-corrected chi connectivity index (χ4v) is 4.70. The average molecular weight is 466 g/mol. The molecular weight excluding hydrogens is 430 g/mol. The molecule has 34 heavy (non-hydrogen) atoms. The maximum atomic E-state index is 13.1. The van der Waals surface area contributed by atoms with E-state index in [0.717, 1.165) is 30.1 Å². The molecule has 2 aliphatic heterocycles. The van der Waals surface area contributed by atoms with Crippen LogP contribution in [0.5, 0.6) is 5.75 Å². The number of nitrogens with one attached hydrogen (secondary N) is 1. The standard InChI is InChI=1S/C27H35N3O4/c1-19(2)21-5-4-6-23(15-21)30-18-22(16-26(30)31)27(32)28-17-25(29-11-13-34-14-12-29)20-7-9-24(33-3)10-8-20/h4-10,15,19,22,25H,11-14,16-18H2,1-3H3,(H,28,32). The van der Waals surface area contributed by atoms with E-state index in [-0.39, 0.29) is 30.2 Å². The molecule has 2 aromatic carbocycles. The number of anilines is 1. The third-order valence-corrected chi connectivity index (χ3v) is 6.80. The highest BCUT2D eigenvalue weighted by Gasteiger charge is 2.35. The Bertz CT molecular complexity index is 986. The van der Waals surface area contributed by atoms with Gasteiger partial charge in [0.05, 0.1) is 32.3 Å². The zero-order valence-electron chi connectivity index (χ0n) is 20.3. The van der Waals surface area contributed by atoms with E-state index in [9.17, 15) is 9.59 Å². The smallest absolute Gasteiger partial charge is 0.227 e. The van der Waals surface area contributed by atoms with Crippen molar-refractivity contribution in [3.8, 4) is 5.75 Å². The topological polar surface area (TPSA) is 71.1 Å². The van der Waals surface area contributed by atoms with Gasteiger partial charge in [-0.05, 0) is 41.3 Å². The van der Waals surface area contributed by atoms with E-state index in [4.69, 9.17) is 9.47 Å². The maximum Gasteiger partial charge on any atom is 0.227 e. The van der Waals surface area contributed by atoms with E-state index in [2.05, 4.69) is 36.2 Å². The number of amides is 2. The molecule has 2 amide bonds. The Balaban J connectivity index is 1.42. The Morgan fingerprint density at radius 2 is 1.85 bits per heavy atom. The van der Waals surface area contributed by atoms with Gasteiger partial charge in [0.1, 0.15) is 5.75 Å². The fourth-order valence-electron chi connectivity index (χ4n) is 4.70. The van der Waals surface area contributed by atoms with Gasteiger partial charge in [-0.15, -0.1) is 0 Å². The molecule has 7 heteroatoms. The van der Waals surface area contributed by atoms with Crippen LogP contribution in [0.1, 0.15) is 43.4 Å². The molecule has 2 fully saturated rings. The molecule has 2 aromatic rings. The molecule has 2 aliphatic rings. The zero-order chi connectivity index (χ0) is 24.1. The van der Waals surface area contributed by atoms with Gasteiger partial charge in [-0.3, -0.25) is 14.5 Å². The van der Waals surface area contributed by atoms with E-state index in [1.165, 1.54) is 5.56 Å². The van der Waals surface area contributed by atoms with E-state index in [0.29, 0.717) is 32.2 Å². The Labute approximate surface area is 202 Å². The fraction of sp³-hybridized carbons (Fsp3) is 0.481. The molecule has 182 valence electrons. The van der Waals surface area contributed by atoms with Crippen molar-refractivity contribution in [1.29, 1.82) is 0 Å². The van der Waals surface area contributed by atoms with Gasteiger partial charge in [-0.25, -0.2) is 0 Å².